The van der Waals surface area contributed by atoms with E-state index in [1.54, 1.807) is 20.8 Å². The van der Waals surface area contributed by atoms with E-state index < -0.39 is 5.60 Å². The van der Waals surface area contributed by atoms with Crippen LogP contribution in [0.25, 0.3) is 0 Å². The molecule has 0 amide bonds. The van der Waals surface area contributed by atoms with Crippen LogP contribution in [0.4, 0.5) is 0 Å². The van der Waals surface area contributed by atoms with Crippen LogP contribution in [-0.2, 0) is 4.84 Å². The Morgan fingerprint density at radius 2 is 2.20 bits per heavy atom. The van der Waals surface area contributed by atoms with Gasteiger partial charge < -0.3 is 5.11 Å². The zero-order valence-corrected chi connectivity index (χ0v) is 6.77. The van der Waals surface area contributed by atoms with Crippen LogP contribution < -0.4 is 5.48 Å². The Bertz CT molecular complexity index is 115. The molecule has 0 radical (unpaired) electrons. The van der Waals surface area contributed by atoms with Crippen LogP contribution in [0.5, 0.6) is 0 Å². The lowest BCUT2D eigenvalue weighted by Crippen LogP contribution is -2.29. The van der Waals surface area contributed by atoms with E-state index in [1.807, 2.05) is 0 Å². The number of hydrogen-bond donors (Lipinski definition) is 2. The van der Waals surface area contributed by atoms with E-state index >= 15 is 0 Å². The largest absolute Gasteiger partial charge is 0.388 e. The second-order valence-corrected chi connectivity index (χ2v) is 2.98. The molecule has 0 aromatic carbocycles. The fourth-order valence-corrected chi connectivity index (χ4v) is 0.336. The molecule has 0 atom stereocenters. The highest BCUT2D eigenvalue weighted by Crippen LogP contribution is 1.99. The number of hydrogen-bond acceptors (Lipinski definition) is 3. The van der Waals surface area contributed by atoms with Gasteiger partial charge in [-0.1, -0.05) is 6.58 Å². The van der Waals surface area contributed by atoms with E-state index in [4.69, 9.17) is 9.94 Å². The molecule has 0 aromatic rings. The van der Waals surface area contributed by atoms with Gasteiger partial charge in [0.1, 0.15) is 6.61 Å². The number of aliphatic hydroxyl groups is 1. The summed E-state index contributed by atoms with van der Waals surface area (Å²) in [4.78, 5) is 4.86. The third kappa shape index (κ3) is 7.46. The highest BCUT2D eigenvalue weighted by atomic mass is 16.6. The lowest BCUT2D eigenvalue weighted by atomic mass is 10.2. The summed E-state index contributed by atoms with van der Waals surface area (Å²) in [7, 11) is 0. The van der Waals surface area contributed by atoms with Gasteiger partial charge in [0.25, 0.3) is 0 Å². The first-order chi connectivity index (χ1) is 4.42. The number of hydroxylamine groups is 1. The number of nitrogens with one attached hydrogen (secondary N) is 1. The molecule has 0 heterocycles. The zero-order valence-electron chi connectivity index (χ0n) is 6.77. The smallest absolute Gasteiger partial charge is 0.103 e. The minimum Gasteiger partial charge on any atom is -0.388 e. The Hall–Kier alpha value is -0.540. The summed E-state index contributed by atoms with van der Waals surface area (Å²) in [6, 6.07) is 0. The maximum absolute atomic E-state index is 9.14. The van der Waals surface area contributed by atoms with Crippen molar-refractivity contribution in [2.75, 3.05) is 6.61 Å². The van der Waals surface area contributed by atoms with Crippen LogP contribution in [0, 0.1) is 0 Å². The molecule has 0 spiro atoms. The van der Waals surface area contributed by atoms with Crippen LogP contribution in [0.2, 0.25) is 0 Å². The zero-order chi connectivity index (χ0) is 8.20. The molecular weight excluding hydrogens is 130 g/mol. The number of rotatable bonds is 4. The minimum atomic E-state index is -0.789. The van der Waals surface area contributed by atoms with Crippen molar-refractivity contribution in [3.63, 3.8) is 0 Å². The summed E-state index contributed by atoms with van der Waals surface area (Å²) in [6.45, 7) is 8.94. The SMILES string of the molecule is C=C(C)NOCC(C)(C)O. The standard InChI is InChI=1S/C7H15NO2/c1-6(2)8-10-5-7(3,4)9/h8-9H,1,5H2,2-4H3. The molecule has 0 bridgehead atoms. The summed E-state index contributed by atoms with van der Waals surface area (Å²) in [5.74, 6) is 0. The Balaban J connectivity index is 3.29. The normalized spacial score (nSPS) is 11.2. The second-order valence-electron chi connectivity index (χ2n) is 2.98. The Morgan fingerprint density at radius 3 is 2.50 bits per heavy atom. The third-order valence-corrected chi connectivity index (χ3v) is 0.672. The predicted molar refractivity (Wildman–Crippen MR) is 40.2 cm³/mol. The third-order valence-electron chi connectivity index (χ3n) is 0.672. The molecule has 60 valence electrons. The minimum absolute atomic E-state index is 0.250. The van der Waals surface area contributed by atoms with Crippen LogP contribution in [0.15, 0.2) is 12.3 Å². The van der Waals surface area contributed by atoms with Gasteiger partial charge >= 0.3 is 0 Å². The molecule has 2 N–H and O–H groups in total. The molecule has 0 aliphatic carbocycles. The summed E-state index contributed by atoms with van der Waals surface area (Å²) in [5, 5.41) is 9.14. The van der Waals surface area contributed by atoms with E-state index in [1.165, 1.54) is 0 Å². The van der Waals surface area contributed by atoms with E-state index in [0.29, 0.717) is 0 Å². The van der Waals surface area contributed by atoms with E-state index in [-0.39, 0.29) is 6.61 Å². The van der Waals surface area contributed by atoms with Gasteiger partial charge in [0.05, 0.1) is 5.60 Å². The predicted octanol–water partition coefficient (Wildman–Crippen LogP) is 0.812. The maximum atomic E-state index is 9.14. The first kappa shape index (κ1) is 9.46. The van der Waals surface area contributed by atoms with Crippen molar-refractivity contribution >= 4 is 0 Å². The van der Waals surface area contributed by atoms with Crippen molar-refractivity contribution in [1.29, 1.82) is 0 Å². The molecule has 3 nitrogen and oxygen atoms in total. The van der Waals surface area contributed by atoms with E-state index in [2.05, 4.69) is 12.1 Å². The highest BCUT2D eigenvalue weighted by Gasteiger charge is 2.11. The van der Waals surface area contributed by atoms with Crippen molar-refractivity contribution < 1.29 is 9.94 Å². The fourth-order valence-electron chi connectivity index (χ4n) is 0.336. The molecule has 0 fully saturated rings. The molecule has 0 aliphatic heterocycles. The average Bonchev–Trinajstić information content (AvgIpc) is 1.59. The Kier molecular flexibility index (Phi) is 3.39. The van der Waals surface area contributed by atoms with Crippen molar-refractivity contribution in [2.45, 2.75) is 26.4 Å². The van der Waals surface area contributed by atoms with Crippen LogP contribution >= 0.6 is 0 Å². The molecule has 0 aliphatic rings. The molecule has 0 rings (SSSR count). The van der Waals surface area contributed by atoms with Gasteiger partial charge in [0.2, 0.25) is 0 Å². The summed E-state index contributed by atoms with van der Waals surface area (Å²) in [6.07, 6.45) is 0. The van der Waals surface area contributed by atoms with Crippen LogP contribution in [0.3, 0.4) is 0 Å². The van der Waals surface area contributed by atoms with Crippen molar-refractivity contribution in [3.8, 4) is 0 Å². The molecule has 0 saturated heterocycles. The van der Waals surface area contributed by atoms with Gasteiger partial charge in [0, 0.05) is 5.70 Å². The average molecular weight is 145 g/mol. The molecule has 0 saturated carbocycles. The Labute approximate surface area is 61.7 Å². The second kappa shape index (κ2) is 3.58. The maximum Gasteiger partial charge on any atom is 0.103 e. The first-order valence-corrected chi connectivity index (χ1v) is 3.17. The number of allylic oxidation sites excluding steroid dienone is 1. The van der Waals surface area contributed by atoms with Crippen molar-refractivity contribution in [3.05, 3.63) is 12.3 Å². The molecule has 0 unspecified atom stereocenters. The lowest BCUT2D eigenvalue weighted by Gasteiger charge is -2.16. The van der Waals surface area contributed by atoms with Gasteiger partial charge in [0.15, 0.2) is 0 Å². The molecular formula is C7H15NO2. The van der Waals surface area contributed by atoms with Crippen molar-refractivity contribution in [2.24, 2.45) is 0 Å². The van der Waals surface area contributed by atoms with Crippen LogP contribution in [0.1, 0.15) is 20.8 Å². The summed E-state index contributed by atoms with van der Waals surface area (Å²) >= 11 is 0. The van der Waals surface area contributed by atoms with Gasteiger partial charge in [-0.15, -0.1) is 0 Å². The van der Waals surface area contributed by atoms with E-state index in [0.717, 1.165) is 5.70 Å². The summed E-state index contributed by atoms with van der Waals surface area (Å²) in [5.41, 5.74) is 2.48. The molecule has 0 aromatic heterocycles. The highest BCUT2D eigenvalue weighted by molar-refractivity contribution is 4.79. The fraction of sp³-hybridized carbons (Fsp3) is 0.714. The van der Waals surface area contributed by atoms with Crippen LogP contribution in [-0.4, -0.2) is 17.3 Å². The van der Waals surface area contributed by atoms with Gasteiger partial charge in [-0.25, -0.2) is 0 Å². The summed E-state index contributed by atoms with van der Waals surface area (Å²) < 4.78 is 0. The van der Waals surface area contributed by atoms with E-state index in [9.17, 15) is 0 Å². The van der Waals surface area contributed by atoms with Gasteiger partial charge in [-0.05, 0) is 20.8 Å². The first-order valence-electron chi connectivity index (χ1n) is 3.17. The van der Waals surface area contributed by atoms with Gasteiger partial charge in [-0.3, -0.25) is 10.3 Å². The van der Waals surface area contributed by atoms with Gasteiger partial charge in [-0.2, -0.15) is 0 Å². The lowest BCUT2D eigenvalue weighted by molar-refractivity contribution is -0.0512. The topological polar surface area (TPSA) is 41.5 Å². The van der Waals surface area contributed by atoms with Crippen molar-refractivity contribution in [1.82, 2.24) is 5.48 Å². The monoisotopic (exact) mass is 145 g/mol. The quantitative estimate of drug-likeness (QED) is 0.575. The molecule has 3 heteroatoms. The molecule has 10 heavy (non-hydrogen) atoms. The Morgan fingerprint density at radius 1 is 1.70 bits per heavy atom.